The Balaban J connectivity index is 1.56. The lowest BCUT2D eigenvalue weighted by Crippen LogP contribution is -2.42. The van der Waals surface area contributed by atoms with E-state index in [1.54, 1.807) is 24.3 Å². The Hall–Kier alpha value is -3.33. The van der Waals surface area contributed by atoms with Crippen LogP contribution in [0.1, 0.15) is 42.5 Å². The van der Waals surface area contributed by atoms with Crippen LogP contribution in [0.5, 0.6) is 5.75 Å². The van der Waals surface area contributed by atoms with Crippen LogP contribution >= 0.6 is 11.8 Å². The first kappa shape index (κ1) is 24.3. The van der Waals surface area contributed by atoms with E-state index in [0.29, 0.717) is 29.0 Å². The summed E-state index contributed by atoms with van der Waals surface area (Å²) in [6.45, 7) is 7.31. The van der Waals surface area contributed by atoms with Gasteiger partial charge in [-0.05, 0) is 42.2 Å². The van der Waals surface area contributed by atoms with Crippen molar-refractivity contribution in [3.8, 4) is 5.75 Å². The molecule has 0 saturated heterocycles. The molecule has 3 aromatic rings. The first-order chi connectivity index (χ1) is 16.0. The minimum atomic E-state index is -0.372. The molecule has 8 nitrogen and oxygen atoms in total. The highest BCUT2D eigenvalue weighted by Gasteiger charge is 2.16. The SMILES string of the molecule is CCc1ccc(OCc2nnc(SCC(=O)NNC(=O)c3ccccc3)n2CC(C)C)cc1. The van der Waals surface area contributed by atoms with Crippen LogP contribution in [0.3, 0.4) is 0 Å². The maximum Gasteiger partial charge on any atom is 0.269 e. The van der Waals surface area contributed by atoms with Crippen molar-refractivity contribution in [3.05, 3.63) is 71.5 Å². The number of hydrogen-bond acceptors (Lipinski definition) is 6. The fraction of sp³-hybridized carbons (Fsp3) is 0.333. The first-order valence-electron chi connectivity index (χ1n) is 10.9. The fourth-order valence-electron chi connectivity index (χ4n) is 3.00. The number of ether oxygens (including phenoxy) is 1. The minimum absolute atomic E-state index is 0.0879. The number of aryl methyl sites for hydroxylation is 1. The summed E-state index contributed by atoms with van der Waals surface area (Å²) in [5.41, 5.74) is 6.57. The zero-order valence-electron chi connectivity index (χ0n) is 19.1. The van der Waals surface area contributed by atoms with Crippen LogP contribution in [0.15, 0.2) is 59.8 Å². The van der Waals surface area contributed by atoms with Gasteiger partial charge < -0.3 is 9.30 Å². The molecule has 0 aliphatic heterocycles. The Bertz CT molecular complexity index is 1050. The van der Waals surface area contributed by atoms with Crippen LogP contribution in [-0.2, 0) is 24.4 Å². The standard InChI is InChI=1S/C24H29N5O3S/c1-4-18-10-12-20(13-11-18)32-15-21-25-28-24(29(21)14-17(2)3)33-16-22(30)26-27-23(31)19-8-6-5-7-9-19/h5-13,17H,4,14-16H2,1-3H3,(H,26,30)(H,27,31). The molecule has 2 aromatic carbocycles. The second kappa shape index (κ2) is 12.1. The van der Waals surface area contributed by atoms with Gasteiger partial charge in [0.2, 0.25) is 5.91 Å². The number of thioether (sulfide) groups is 1. The second-order valence-corrected chi connectivity index (χ2v) is 8.79. The van der Waals surface area contributed by atoms with Crippen LogP contribution in [0.4, 0.5) is 0 Å². The summed E-state index contributed by atoms with van der Waals surface area (Å²) in [5, 5.41) is 9.16. The smallest absolute Gasteiger partial charge is 0.269 e. The number of carbonyl (C=O) groups is 2. The predicted molar refractivity (Wildman–Crippen MR) is 128 cm³/mol. The van der Waals surface area contributed by atoms with Crippen LogP contribution in [0, 0.1) is 5.92 Å². The van der Waals surface area contributed by atoms with Crippen molar-refractivity contribution in [2.24, 2.45) is 5.92 Å². The first-order valence-corrected chi connectivity index (χ1v) is 11.9. The molecule has 1 aromatic heterocycles. The predicted octanol–water partition coefficient (Wildman–Crippen LogP) is 3.63. The number of amides is 2. The molecule has 33 heavy (non-hydrogen) atoms. The zero-order valence-corrected chi connectivity index (χ0v) is 19.9. The highest BCUT2D eigenvalue weighted by molar-refractivity contribution is 7.99. The van der Waals surface area contributed by atoms with Gasteiger partial charge in [-0.25, -0.2) is 0 Å². The van der Waals surface area contributed by atoms with Gasteiger partial charge in [-0.15, -0.1) is 10.2 Å². The van der Waals surface area contributed by atoms with Crippen LogP contribution in [-0.4, -0.2) is 32.3 Å². The second-order valence-electron chi connectivity index (χ2n) is 7.85. The Morgan fingerprint density at radius 1 is 1.03 bits per heavy atom. The van der Waals surface area contributed by atoms with E-state index in [9.17, 15) is 9.59 Å². The van der Waals surface area contributed by atoms with Gasteiger partial charge in [-0.3, -0.25) is 20.4 Å². The molecule has 174 valence electrons. The van der Waals surface area contributed by atoms with Gasteiger partial charge in [0.25, 0.3) is 5.91 Å². The molecule has 2 amide bonds. The van der Waals surface area contributed by atoms with E-state index in [-0.39, 0.29) is 24.2 Å². The molecule has 0 aliphatic carbocycles. The topological polar surface area (TPSA) is 98.1 Å². The number of carbonyl (C=O) groups excluding carboxylic acids is 2. The molecule has 0 unspecified atom stereocenters. The molecule has 0 aliphatic rings. The van der Waals surface area contributed by atoms with E-state index >= 15 is 0 Å². The molecule has 2 N–H and O–H groups in total. The summed E-state index contributed by atoms with van der Waals surface area (Å²) >= 11 is 1.26. The normalized spacial score (nSPS) is 10.8. The van der Waals surface area contributed by atoms with Crippen molar-refractivity contribution in [2.45, 2.75) is 45.5 Å². The summed E-state index contributed by atoms with van der Waals surface area (Å²) in [7, 11) is 0. The lowest BCUT2D eigenvalue weighted by atomic mass is 10.2. The number of nitrogens with one attached hydrogen (secondary N) is 2. The molecule has 3 rings (SSSR count). The van der Waals surface area contributed by atoms with Gasteiger partial charge in [-0.2, -0.15) is 0 Å². The van der Waals surface area contributed by atoms with Crippen molar-refractivity contribution in [1.29, 1.82) is 0 Å². The minimum Gasteiger partial charge on any atom is -0.486 e. The Morgan fingerprint density at radius 3 is 2.42 bits per heavy atom. The van der Waals surface area contributed by atoms with Crippen molar-refractivity contribution >= 4 is 23.6 Å². The summed E-state index contributed by atoms with van der Waals surface area (Å²) in [4.78, 5) is 24.3. The molecule has 9 heteroatoms. The average molecular weight is 468 g/mol. The third-order valence-corrected chi connectivity index (χ3v) is 5.69. The number of rotatable bonds is 10. The number of aromatic nitrogens is 3. The summed E-state index contributed by atoms with van der Waals surface area (Å²) in [6.07, 6.45) is 0.979. The molecule has 0 bridgehead atoms. The van der Waals surface area contributed by atoms with E-state index in [4.69, 9.17) is 4.74 Å². The van der Waals surface area contributed by atoms with Crippen molar-refractivity contribution in [3.63, 3.8) is 0 Å². The van der Waals surface area contributed by atoms with Gasteiger partial charge in [0.15, 0.2) is 11.0 Å². The van der Waals surface area contributed by atoms with Crippen LogP contribution in [0.2, 0.25) is 0 Å². The van der Waals surface area contributed by atoms with Gasteiger partial charge in [0.1, 0.15) is 12.4 Å². The lowest BCUT2D eigenvalue weighted by Gasteiger charge is -2.13. The van der Waals surface area contributed by atoms with Crippen molar-refractivity contribution < 1.29 is 14.3 Å². The third kappa shape index (κ3) is 7.35. The van der Waals surface area contributed by atoms with Crippen molar-refractivity contribution in [2.75, 3.05) is 5.75 Å². The fourth-order valence-corrected chi connectivity index (χ4v) is 3.77. The molecule has 0 atom stereocenters. The van der Waals surface area contributed by atoms with E-state index in [1.165, 1.54) is 17.3 Å². The number of hydrogen-bond donors (Lipinski definition) is 2. The molecule has 0 spiro atoms. The lowest BCUT2D eigenvalue weighted by molar-refractivity contribution is -0.119. The summed E-state index contributed by atoms with van der Waals surface area (Å²) < 4.78 is 7.88. The third-order valence-electron chi connectivity index (χ3n) is 4.72. The molecular weight excluding hydrogens is 438 g/mol. The highest BCUT2D eigenvalue weighted by Crippen LogP contribution is 2.20. The quantitative estimate of drug-likeness (QED) is 0.349. The van der Waals surface area contributed by atoms with E-state index < -0.39 is 0 Å². The molecular formula is C24H29N5O3S. The van der Waals surface area contributed by atoms with E-state index in [1.807, 2.05) is 34.9 Å². The Labute approximate surface area is 198 Å². The zero-order chi connectivity index (χ0) is 23.6. The highest BCUT2D eigenvalue weighted by atomic mass is 32.2. The maximum absolute atomic E-state index is 12.2. The van der Waals surface area contributed by atoms with Gasteiger partial charge in [-0.1, -0.05) is 62.9 Å². The monoisotopic (exact) mass is 467 g/mol. The summed E-state index contributed by atoms with van der Waals surface area (Å²) in [6, 6.07) is 16.7. The Morgan fingerprint density at radius 2 is 1.76 bits per heavy atom. The van der Waals surface area contributed by atoms with Crippen molar-refractivity contribution in [1.82, 2.24) is 25.6 Å². The largest absolute Gasteiger partial charge is 0.486 e. The molecule has 0 fully saturated rings. The summed E-state index contributed by atoms with van der Waals surface area (Å²) in [5.74, 6) is 1.21. The number of hydrazine groups is 1. The van der Waals surface area contributed by atoms with Gasteiger partial charge >= 0.3 is 0 Å². The van der Waals surface area contributed by atoms with Crippen LogP contribution < -0.4 is 15.6 Å². The van der Waals surface area contributed by atoms with E-state index in [0.717, 1.165) is 12.2 Å². The molecule has 1 heterocycles. The van der Waals surface area contributed by atoms with E-state index in [2.05, 4.69) is 41.8 Å². The Kier molecular flexibility index (Phi) is 8.88. The molecule has 0 saturated carbocycles. The number of benzene rings is 2. The maximum atomic E-state index is 12.2. The van der Waals surface area contributed by atoms with Crippen LogP contribution in [0.25, 0.3) is 0 Å². The molecule has 0 radical (unpaired) electrons. The number of nitrogens with zero attached hydrogens (tertiary/aromatic N) is 3. The average Bonchev–Trinajstić information content (AvgIpc) is 3.21. The van der Waals surface area contributed by atoms with Gasteiger partial charge in [0.05, 0.1) is 5.75 Å². The van der Waals surface area contributed by atoms with Gasteiger partial charge in [0, 0.05) is 12.1 Å².